The Labute approximate surface area is 160 Å². The van der Waals surface area contributed by atoms with Gasteiger partial charge in [0.05, 0.1) is 24.0 Å². The average molecular weight is 394 g/mol. The molecule has 2 saturated heterocycles. The SMILES string of the molecule is COCCN(Cc1ccccc1)C(=O)[C@@H]1CC(=O)N([C@H]2CCS(=O)(=O)C2)C1. The molecule has 8 heteroatoms. The zero-order chi connectivity index (χ0) is 19.4. The first-order chi connectivity index (χ1) is 12.9. The van der Waals surface area contributed by atoms with Crippen LogP contribution >= 0.6 is 0 Å². The molecule has 0 spiro atoms. The number of carbonyl (C=O) groups excluding carboxylic acids is 2. The molecule has 27 heavy (non-hydrogen) atoms. The number of amides is 2. The van der Waals surface area contributed by atoms with Gasteiger partial charge in [0.15, 0.2) is 9.84 Å². The topological polar surface area (TPSA) is 84.0 Å². The smallest absolute Gasteiger partial charge is 0.228 e. The van der Waals surface area contributed by atoms with E-state index >= 15 is 0 Å². The van der Waals surface area contributed by atoms with Crippen molar-refractivity contribution in [1.82, 2.24) is 9.80 Å². The highest BCUT2D eigenvalue weighted by atomic mass is 32.2. The molecule has 0 N–H and O–H groups in total. The van der Waals surface area contributed by atoms with E-state index in [-0.39, 0.29) is 35.8 Å². The van der Waals surface area contributed by atoms with Crippen LogP contribution in [0.2, 0.25) is 0 Å². The number of likely N-dealkylation sites (tertiary alicyclic amines) is 1. The van der Waals surface area contributed by atoms with Crippen molar-refractivity contribution < 1.29 is 22.7 Å². The van der Waals surface area contributed by atoms with Gasteiger partial charge in [-0.2, -0.15) is 0 Å². The summed E-state index contributed by atoms with van der Waals surface area (Å²) in [4.78, 5) is 28.8. The summed E-state index contributed by atoms with van der Waals surface area (Å²) in [7, 11) is -1.48. The van der Waals surface area contributed by atoms with Gasteiger partial charge in [-0.05, 0) is 12.0 Å². The number of ether oxygens (including phenoxy) is 1. The quantitative estimate of drug-likeness (QED) is 0.680. The predicted molar refractivity (Wildman–Crippen MR) is 101 cm³/mol. The van der Waals surface area contributed by atoms with Gasteiger partial charge in [0.25, 0.3) is 0 Å². The third-order valence-corrected chi connectivity index (χ3v) is 7.00. The maximum absolute atomic E-state index is 13.1. The molecule has 2 fully saturated rings. The number of hydrogen-bond donors (Lipinski definition) is 0. The lowest BCUT2D eigenvalue weighted by Gasteiger charge is -2.27. The fourth-order valence-electron chi connectivity index (χ4n) is 3.80. The Hall–Kier alpha value is -1.93. The van der Waals surface area contributed by atoms with Gasteiger partial charge < -0.3 is 14.5 Å². The zero-order valence-electron chi connectivity index (χ0n) is 15.5. The van der Waals surface area contributed by atoms with Crippen molar-refractivity contribution in [3.05, 3.63) is 35.9 Å². The van der Waals surface area contributed by atoms with E-state index in [1.54, 1.807) is 16.9 Å². The second kappa shape index (κ2) is 8.39. The van der Waals surface area contributed by atoms with Crippen molar-refractivity contribution in [1.29, 1.82) is 0 Å². The molecule has 148 valence electrons. The monoisotopic (exact) mass is 394 g/mol. The van der Waals surface area contributed by atoms with Crippen LogP contribution in [0.1, 0.15) is 18.4 Å². The zero-order valence-corrected chi connectivity index (χ0v) is 16.4. The van der Waals surface area contributed by atoms with Crippen molar-refractivity contribution >= 4 is 21.7 Å². The lowest BCUT2D eigenvalue weighted by atomic mass is 10.1. The van der Waals surface area contributed by atoms with Crippen molar-refractivity contribution in [2.24, 2.45) is 5.92 Å². The highest BCUT2D eigenvalue weighted by Gasteiger charge is 2.42. The van der Waals surface area contributed by atoms with Crippen molar-refractivity contribution in [3.8, 4) is 0 Å². The van der Waals surface area contributed by atoms with Crippen molar-refractivity contribution in [2.45, 2.75) is 25.4 Å². The van der Waals surface area contributed by atoms with Crippen LogP contribution in [0.4, 0.5) is 0 Å². The minimum Gasteiger partial charge on any atom is -0.383 e. The Balaban J connectivity index is 1.67. The van der Waals surface area contributed by atoms with E-state index in [0.717, 1.165) is 5.56 Å². The number of rotatable bonds is 7. The lowest BCUT2D eigenvalue weighted by molar-refractivity contribution is -0.137. The van der Waals surface area contributed by atoms with Crippen molar-refractivity contribution in [2.75, 3.05) is 38.3 Å². The Kier molecular flexibility index (Phi) is 6.16. The summed E-state index contributed by atoms with van der Waals surface area (Å²) >= 11 is 0. The number of benzene rings is 1. The van der Waals surface area contributed by atoms with Crippen LogP contribution in [0, 0.1) is 5.92 Å². The number of hydrogen-bond acceptors (Lipinski definition) is 5. The number of sulfone groups is 1. The first kappa shape index (κ1) is 19.8. The Morgan fingerprint density at radius 1 is 1.30 bits per heavy atom. The van der Waals surface area contributed by atoms with E-state index < -0.39 is 15.8 Å². The third-order valence-electron chi connectivity index (χ3n) is 5.25. The summed E-state index contributed by atoms with van der Waals surface area (Å²) in [5.74, 6) is -0.499. The molecule has 0 radical (unpaired) electrons. The van der Waals surface area contributed by atoms with E-state index in [9.17, 15) is 18.0 Å². The first-order valence-corrected chi connectivity index (χ1v) is 11.0. The van der Waals surface area contributed by atoms with Crippen LogP contribution in [0.3, 0.4) is 0 Å². The summed E-state index contributed by atoms with van der Waals surface area (Å²) < 4.78 is 28.6. The lowest BCUT2D eigenvalue weighted by Crippen LogP contribution is -2.41. The molecular weight excluding hydrogens is 368 g/mol. The fourth-order valence-corrected chi connectivity index (χ4v) is 5.53. The molecular formula is C19H26N2O5S. The Bertz CT molecular complexity index is 781. The molecule has 0 unspecified atom stereocenters. The molecule has 2 aliphatic heterocycles. The standard InChI is InChI=1S/C19H26N2O5S/c1-26-9-8-20(12-15-5-3-2-4-6-15)19(23)16-11-18(22)21(13-16)17-7-10-27(24,25)14-17/h2-6,16-17H,7-14H2,1H3/t16-,17+/m1/s1. The number of nitrogens with zero attached hydrogens (tertiary/aromatic N) is 2. The van der Waals surface area contributed by atoms with Crippen LogP contribution in [0.5, 0.6) is 0 Å². The summed E-state index contributed by atoms with van der Waals surface area (Å²) in [5, 5.41) is 0. The number of methoxy groups -OCH3 is 1. The van der Waals surface area contributed by atoms with Crippen LogP contribution in [0.15, 0.2) is 30.3 Å². The van der Waals surface area contributed by atoms with Crippen LogP contribution in [-0.2, 0) is 30.7 Å². The maximum Gasteiger partial charge on any atom is 0.228 e. The Morgan fingerprint density at radius 3 is 2.67 bits per heavy atom. The molecule has 2 heterocycles. The molecule has 3 rings (SSSR count). The Morgan fingerprint density at radius 2 is 2.04 bits per heavy atom. The molecule has 7 nitrogen and oxygen atoms in total. The molecule has 0 aliphatic carbocycles. The van der Waals surface area contributed by atoms with Crippen LogP contribution < -0.4 is 0 Å². The molecule has 0 bridgehead atoms. The highest BCUT2D eigenvalue weighted by Crippen LogP contribution is 2.27. The largest absolute Gasteiger partial charge is 0.383 e. The molecule has 0 saturated carbocycles. The van der Waals surface area contributed by atoms with E-state index in [1.807, 2.05) is 30.3 Å². The molecule has 1 aromatic rings. The fraction of sp³-hybridized carbons (Fsp3) is 0.579. The van der Waals surface area contributed by atoms with Crippen LogP contribution in [-0.4, -0.2) is 74.4 Å². The molecule has 1 aromatic carbocycles. The van der Waals surface area contributed by atoms with E-state index in [4.69, 9.17) is 4.74 Å². The normalized spacial score (nSPS) is 24.3. The molecule has 0 aromatic heterocycles. The average Bonchev–Trinajstić information content (AvgIpc) is 3.20. The minimum atomic E-state index is -3.07. The summed E-state index contributed by atoms with van der Waals surface area (Å²) in [6.07, 6.45) is 0.611. The van der Waals surface area contributed by atoms with Gasteiger partial charge in [0.2, 0.25) is 11.8 Å². The summed E-state index contributed by atoms with van der Waals surface area (Å²) in [5.41, 5.74) is 1.02. The van der Waals surface area contributed by atoms with E-state index in [0.29, 0.717) is 32.7 Å². The minimum absolute atomic E-state index is 0.0110. The predicted octanol–water partition coefficient (Wildman–Crippen LogP) is 0.697. The second-order valence-corrected chi connectivity index (χ2v) is 9.47. The van der Waals surface area contributed by atoms with Gasteiger partial charge in [-0.3, -0.25) is 9.59 Å². The van der Waals surface area contributed by atoms with Gasteiger partial charge in [-0.15, -0.1) is 0 Å². The van der Waals surface area contributed by atoms with Crippen molar-refractivity contribution in [3.63, 3.8) is 0 Å². The van der Waals surface area contributed by atoms with Gasteiger partial charge >= 0.3 is 0 Å². The third kappa shape index (κ3) is 4.87. The first-order valence-electron chi connectivity index (χ1n) is 9.21. The van der Waals surface area contributed by atoms with Gasteiger partial charge in [0.1, 0.15) is 0 Å². The van der Waals surface area contributed by atoms with Gasteiger partial charge in [-0.25, -0.2) is 8.42 Å². The summed E-state index contributed by atoms with van der Waals surface area (Å²) in [6.45, 7) is 1.64. The second-order valence-electron chi connectivity index (χ2n) is 7.24. The van der Waals surface area contributed by atoms with E-state index in [1.165, 1.54) is 0 Å². The number of carbonyl (C=O) groups is 2. The van der Waals surface area contributed by atoms with Gasteiger partial charge in [0, 0.05) is 39.2 Å². The molecule has 2 aliphatic rings. The molecule has 2 atom stereocenters. The highest BCUT2D eigenvalue weighted by molar-refractivity contribution is 7.91. The summed E-state index contributed by atoms with van der Waals surface area (Å²) in [6, 6.07) is 9.41. The molecule has 2 amide bonds. The van der Waals surface area contributed by atoms with Gasteiger partial charge in [-0.1, -0.05) is 30.3 Å². The van der Waals surface area contributed by atoms with Crippen LogP contribution in [0.25, 0.3) is 0 Å². The van der Waals surface area contributed by atoms with E-state index in [2.05, 4.69) is 0 Å². The maximum atomic E-state index is 13.1.